The average Bonchev–Trinajstić information content (AvgIpc) is 2.73. The molecule has 1 fully saturated rings. The molecule has 1 amide bonds. The minimum Gasteiger partial charge on any atom is -0.387 e. The third-order valence-corrected chi connectivity index (χ3v) is 3.42. The van der Waals surface area contributed by atoms with E-state index in [4.69, 9.17) is 4.74 Å². The summed E-state index contributed by atoms with van der Waals surface area (Å²) < 4.78 is 6.44. The number of hydrogen-bond acceptors (Lipinski definition) is 7. The Morgan fingerprint density at radius 2 is 2.09 bits per heavy atom. The molecule has 0 bridgehead atoms. The lowest BCUT2D eigenvalue weighted by molar-refractivity contribution is -0.122. The summed E-state index contributed by atoms with van der Waals surface area (Å²) in [6.07, 6.45) is -3.49. The standard InChI is InChI=1S/C13H20N4O6/c1-16(2)6-9(19)14-5-7-10(20)11(21)12(23-7)17-4-3-8(18)15-13(17)22/h3-4,7,10-12,20-21H,5-6H2,1-2H3,(H,14,19)(H,15,18,22)/t7-,10-,11-,12-/m1/s1. The molecule has 0 spiro atoms. The summed E-state index contributed by atoms with van der Waals surface area (Å²) in [5.41, 5.74) is -1.34. The number of carbonyl (C=O) groups is 1. The molecular formula is C13H20N4O6. The fourth-order valence-corrected chi connectivity index (χ4v) is 2.31. The summed E-state index contributed by atoms with van der Waals surface area (Å²) in [5.74, 6) is -0.259. The third kappa shape index (κ3) is 4.05. The number of ether oxygens (including phenoxy) is 1. The van der Waals surface area contributed by atoms with Crippen molar-refractivity contribution in [2.45, 2.75) is 24.5 Å². The van der Waals surface area contributed by atoms with Crippen LogP contribution in [0.5, 0.6) is 0 Å². The molecule has 23 heavy (non-hydrogen) atoms. The van der Waals surface area contributed by atoms with E-state index in [0.717, 1.165) is 10.6 Å². The first-order valence-corrected chi connectivity index (χ1v) is 7.04. The van der Waals surface area contributed by atoms with E-state index >= 15 is 0 Å². The monoisotopic (exact) mass is 328 g/mol. The zero-order valence-electron chi connectivity index (χ0n) is 12.8. The summed E-state index contributed by atoms with van der Waals surface area (Å²) in [6, 6.07) is 1.11. The minimum atomic E-state index is -1.37. The maximum Gasteiger partial charge on any atom is 0.330 e. The van der Waals surface area contributed by atoms with Crippen molar-refractivity contribution in [1.29, 1.82) is 0 Å². The third-order valence-electron chi connectivity index (χ3n) is 3.42. The Hall–Kier alpha value is -2.01. The zero-order chi connectivity index (χ0) is 17.1. The number of hydrogen-bond donors (Lipinski definition) is 4. The number of aromatic amines is 1. The Morgan fingerprint density at radius 1 is 1.39 bits per heavy atom. The molecule has 2 rings (SSSR count). The first-order chi connectivity index (χ1) is 10.8. The van der Waals surface area contributed by atoms with Crippen LogP contribution < -0.4 is 16.6 Å². The molecule has 0 aromatic carbocycles. The number of aliphatic hydroxyl groups excluding tert-OH is 2. The van der Waals surface area contributed by atoms with Gasteiger partial charge in [-0.25, -0.2) is 4.79 Å². The van der Waals surface area contributed by atoms with E-state index in [1.54, 1.807) is 19.0 Å². The highest BCUT2D eigenvalue weighted by atomic mass is 16.6. The number of nitrogens with one attached hydrogen (secondary N) is 2. The minimum absolute atomic E-state index is 0.0144. The maximum absolute atomic E-state index is 11.7. The van der Waals surface area contributed by atoms with Gasteiger partial charge in [0.2, 0.25) is 5.91 Å². The molecule has 128 valence electrons. The molecular weight excluding hydrogens is 308 g/mol. The molecule has 0 unspecified atom stereocenters. The van der Waals surface area contributed by atoms with Crippen molar-refractivity contribution < 1.29 is 19.7 Å². The summed E-state index contributed by atoms with van der Waals surface area (Å²) in [5, 5.41) is 22.6. The van der Waals surface area contributed by atoms with Crippen LogP contribution in [0, 0.1) is 0 Å². The Labute approximate surface area is 131 Å². The first kappa shape index (κ1) is 17.3. The van der Waals surface area contributed by atoms with Crippen molar-refractivity contribution in [2.75, 3.05) is 27.2 Å². The summed E-state index contributed by atoms with van der Waals surface area (Å²) in [4.78, 5) is 38.1. The highest BCUT2D eigenvalue weighted by molar-refractivity contribution is 5.77. The summed E-state index contributed by atoms with van der Waals surface area (Å²) >= 11 is 0. The van der Waals surface area contributed by atoms with Crippen molar-refractivity contribution in [1.82, 2.24) is 19.8 Å². The lowest BCUT2D eigenvalue weighted by atomic mass is 10.1. The highest BCUT2D eigenvalue weighted by Crippen LogP contribution is 2.27. The van der Waals surface area contributed by atoms with E-state index in [-0.39, 0.29) is 19.0 Å². The van der Waals surface area contributed by atoms with Gasteiger partial charge in [-0.05, 0) is 14.1 Å². The Bertz CT molecular complexity index is 669. The van der Waals surface area contributed by atoms with Gasteiger partial charge in [0.1, 0.15) is 18.3 Å². The van der Waals surface area contributed by atoms with Gasteiger partial charge in [0, 0.05) is 18.8 Å². The van der Waals surface area contributed by atoms with Crippen LogP contribution in [-0.2, 0) is 9.53 Å². The molecule has 1 aromatic heterocycles. The van der Waals surface area contributed by atoms with Gasteiger partial charge >= 0.3 is 5.69 Å². The molecule has 10 nitrogen and oxygen atoms in total. The van der Waals surface area contributed by atoms with E-state index in [2.05, 4.69) is 5.32 Å². The normalized spacial score (nSPS) is 27.3. The van der Waals surface area contributed by atoms with E-state index in [0.29, 0.717) is 0 Å². The van der Waals surface area contributed by atoms with E-state index < -0.39 is 35.8 Å². The number of H-pyrrole nitrogens is 1. The molecule has 2 heterocycles. The second-order valence-electron chi connectivity index (χ2n) is 5.61. The maximum atomic E-state index is 11.7. The van der Waals surface area contributed by atoms with Crippen molar-refractivity contribution in [3.8, 4) is 0 Å². The van der Waals surface area contributed by atoms with Gasteiger partial charge < -0.3 is 25.2 Å². The second-order valence-corrected chi connectivity index (χ2v) is 5.61. The van der Waals surface area contributed by atoms with Gasteiger partial charge in [-0.3, -0.25) is 19.1 Å². The van der Waals surface area contributed by atoms with Crippen molar-refractivity contribution in [2.24, 2.45) is 0 Å². The lowest BCUT2D eigenvalue weighted by Crippen LogP contribution is -2.42. The smallest absolute Gasteiger partial charge is 0.330 e. The van der Waals surface area contributed by atoms with Crippen LogP contribution in [0.25, 0.3) is 0 Å². The van der Waals surface area contributed by atoms with Crippen LogP contribution in [0.1, 0.15) is 6.23 Å². The second kappa shape index (κ2) is 7.04. The topological polar surface area (TPSA) is 137 Å². The number of aromatic nitrogens is 2. The van der Waals surface area contributed by atoms with E-state index in [1.165, 1.54) is 6.20 Å². The quantitative estimate of drug-likeness (QED) is 0.447. The van der Waals surface area contributed by atoms with Crippen molar-refractivity contribution >= 4 is 5.91 Å². The fourth-order valence-electron chi connectivity index (χ4n) is 2.31. The van der Waals surface area contributed by atoms with Gasteiger partial charge in [0.05, 0.1) is 6.54 Å². The van der Waals surface area contributed by atoms with Gasteiger partial charge in [-0.1, -0.05) is 0 Å². The lowest BCUT2D eigenvalue weighted by Gasteiger charge is -2.17. The van der Waals surface area contributed by atoms with Crippen LogP contribution in [0.15, 0.2) is 21.9 Å². The van der Waals surface area contributed by atoms with E-state index in [1.807, 2.05) is 4.98 Å². The Kier molecular flexibility index (Phi) is 5.31. The van der Waals surface area contributed by atoms with Crippen LogP contribution >= 0.6 is 0 Å². The van der Waals surface area contributed by atoms with E-state index in [9.17, 15) is 24.6 Å². The number of likely N-dealkylation sites (N-methyl/N-ethyl adjacent to an activating group) is 1. The predicted octanol–water partition coefficient (Wildman–Crippen LogP) is -3.17. The van der Waals surface area contributed by atoms with Gasteiger partial charge in [-0.2, -0.15) is 0 Å². The number of amides is 1. The molecule has 1 saturated heterocycles. The van der Waals surface area contributed by atoms with Crippen molar-refractivity contribution in [3.05, 3.63) is 33.1 Å². The fraction of sp³-hybridized carbons (Fsp3) is 0.615. The largest absolute Gasteiger partial charge is 0.387 e. The highest BCUT2D eigenvalue weighted by Gasteiger charge is 2.44. The molecule has 4 atom stereocenters. The molecule has 0 radical (unpaired) electrons. The number of carbonyl (C=O) groups excluding carboxylic acids is 1. The van der Waals surface area contributed by atoms with Crippen molar-refractivity contribution in [3.63, 3.8) is 0 Å². The SMILES string of the molecule is CN(C)CC(=O)NC[C@H]1O[C@@H](n2ccc(=O)[nH]c2=O)[C@H](O)[C@@H]1O. The van der Waals surface area contributed by atoms with Crippen LogP contribution in [-0.4, -0.2) is 76.1 Å². The first-order valence-electron chi connectivity index (χ1n) is 7.04. The predicted molar refractivity (Wildman–Crippen MR) is 78.8 cm³/mol. The molecule has 0 saturated carbocycles. The molecule has 1 aromatic rings. The average molecular weight is 328 g/mol. The van der Waals surface area contributed by atoms with Gasteiger partial charge in [-0.15, -0.1) is 0 Å². The van der Waals surface area contributed by atoms with Crippen LogP contribution in [0.4, 0.5) is 0 Å². The molecule has 4 N–H and O–H groups in total. The summed E-state index contributed by atoms with van der Waals surface area (Å²) in [6.45, 7) is 0.160. The Balaban J connectivity index is 2.05. The van der Waals surface area contributed by atoms with Crippen LogP contribution in [0.2, 0.25) is 0 Å². The summed E-state index contributed by atoms with van der Waals surface area (Å²) in [7, 11) is 3.48. The number of rotatable bonds is 5. The molecule has 1 aliphatic rings. The number of aliphatic hydroxyl groups is 2. The van der Waals surface area contributed by atoms with Gasteiger partial charge in [0.15, 0.2) is 6.23 Å². The molecule has 10 heteroatoms. The van der Waals surface area contributed by atoms with Gasteiger partial charge in [0.25, 0.3) is 5.56 Å². The van der Waals surface area contributed by atoms with Crippen LogP contribution in [0.3, 0.4) is 0 Å². The number of nitrogens with zero attached hydrogens (tertiary/aromatic N) is 2. The zero-order valence-corrected chi connectivity index (χ0v) is 12.8. The molecule has 0 aliphatic carbocycles. The Morgan fingerprint density at radius 3 is 2.70 bits per heavy atom. The molecule has 1 aliphatic heterocycles.